The average Bonchev–Trinajstić information content (AvgIpc) is 2.26. The Kier molecular flexibility index (Phi) is 4.47. The second kappa shape index (κ2) is 5.49. The van der Waals surface area contributed by atoms with Gasteiger partial charge in [-0.2, -0.15) is 5.26 Å². The Morgan fingerprint density at radius 3 is 2.22 bits per heavy atom. The normalized spacial score (nSPS) is 10.8. The van der Waals surface area contributed by atoms with E-state index < -0.39 is 4.92 Å². The Hall–Kier alpha value is -1.41. The molecule has 0 spiro atoms. The molecule has 0 N–H and O–H groups in total. The predicted molar refractivity (Wildman–Crippen MR) is 73.7 cm³/mol. The van der Waals surface area contributed by atoms with Gasteiger partial charge in [-0.15, -0.1) is 0 Å². The number of hydrogen-bond donors (Lipinski definition) is 0. The van der Waals surface area contributed by atoms with Gasteiger partial charge in [-0.25, -0.2) is 0 Å². The van der Waals surface area contributed by atoms with Gasteiger partial charge in [0.25, 0.3) is 5.69 Å². The summed E-state index contributed by atoms with van der Waals surface area (Å²) < 4.78 is 0.443. The maximum absolute atomic E-state index is 11.2. The highest BCUT2D eigenvalue weighted by molar-refractivity contribution is 9.10. The molecule has 1 aromatic carbocycles. The molecule has 0 aliphatic heterocycles. The smallest absolute Gasteiger partial charge is 0.258 e. The molecule has 5 heteroatoms. The summed E-state index contributed by atoms with van der Waals surface area (Å²) in [5, 5.41) is 20.5. The van der Waals surface area contributed by atoms with E-state index in [1.54, 1.807) is 6.07 Å². The van der Waals surface area contributed by atoms with Gasteiger partial charge in [-0.1, -0.05) is 27.7 Å². The third kappa shape index (κ3) is 2.54. The minimum atomic E-state index is -0.426. The van der Waals surface area contributed by atoms with Crippen LogP contribution in [-0.4, -0.2) is 4.92 Å². The molecule has 0 amide bonds. The molecule has 0 radical (unpaired) electrons. The van der Waals surface area contributed by atoms with Crippen LogP contribution in [0, 0.1) is 21.4 Å². The van der Waals surface area contributed by atoms with Crippen molar-refractivity contribution in [3.8, 4) is 6.07 Å². The van der Waals surface area contributed by atoms with Crippen molar-refractivity contribution in [3.63, 3.8) is 0 Å². The average molecular weight is 311 g/mol. The third-order valence-corrected chi connectivity index (χ3v) is 3.42. The van der Waals surface area contributed by atoms with Crippen LogP contribution in [0.25, 0.3) is 0 Å². The largest absolute Gasteiger partial charge is 0.288 e. The van der Waals surface area contributed by atoms with Crippen LogP contribution in [0.3, 0.4) is 0 Å². The van der Waals surface area contributed by atoms with E-state index in [0.29, 0.717) is 15.6 Å². The molecule has 0 heterocycles. The van der Waals surface area contributed by atoms with Gasteiger partial charge in [0.2, 0.25) is 0 Å². The van der Waals surface area contributed by atoms with Crippen molar-refractivity contribution in [2.75, 3.05) is 0 Å². The first-order valence-corrected chi connectivity index (χ1v) is 6.51. The van der Waals surface area contributed by atoms with Gasteiger partial charge in [-0.3, -0.25) is 10.1 Å². The van der Waals surface area contributed by atoms with E-state index in [2.05, 4.69) is 22.0 Å². The van der Waals surface area contributed by atoms with Crippen molar-refractivity contribution < 1.29 is 4.92 Å². The highest BCUT2D eigenvalue weighted by atomic mass is 79.9. The van der Waals surface area contributed by atoms with Gasteiger partial charge in [0, 0.05) is 0 Å². The van der Waals surface area contributed by atoms with Crippen LogP contribution in [0.4, 0.5) is 5.69 Å². The number of nitro groups is 1. The first-order chi connectivity index (χ1) is 8.31. The van der Waals surface area contributed by atoms with Gasteiger partial charge in [0.15, 0.2) is 0 Å². The molecule has 0 bridgehead atoms. The van der Waals surface area contributed by atoms with Crippen molar-refractivity contribution in [2.24, 2.45) is 0 Å². The molecule has 96 valence electrons. The number of nitriles is 1. The predicted octanol–water partition coefficient (Wildman–Crippen LogP) is 4.48. The zero-order chi connectivity index (χ0) is 14.0. The van der Waals surface area contributed by atoms with Gasteiger partial charge in [-0.05, 0) is 39.4 Å². The van der Waals surface area contributed by atoms with Crippen molar-refractivity contribution in [2.45, 2.75) is 39.5 Å². The van der Waals surface area contributed by atoms with Crippen LogP contribution in [0.1, 0.15) is 56.2 Å². The van der Waals surface area contributed by atoms with Crippen molar-refractivity contribution in [1.29, 1.82) is 5.26 Å². The van der Waals surface area contributed by atoms with Gasteiger partial charge < -0.3 is 0 Å². The molecule has 1 aromatic rings. The molecule has 0 fully saturated rings. The number of nitrogens with zero attached hydrogens (tertiary/aromatic N) is 2. The van der Waals surface area contributed by atoms with Crippen molar-refractivity contribution >= 4 is 21.6 Å². The molecule has 4 nitrogen and oxygen atoms in total. The number of benzene rings is 1. The highest BCUT2D eigenvalue weighted by Crippen LogP contribution is 2.39. The molecule has 0 saturated heterocycles. The van der Waals surface area contributed by atoms with E-state index in [1.807, 2.05) is 27.7 Å². The first kappa shape index (κ1) is 14.7. The van der Waals surface area contributed by atoms with Crippen LogP contribution in [0.2, 0.25) is 0 Å². The maximum atomic E-state index is 11.2. The monoisotopic (exact) mass is 310 g/mol. The van der Waals surface area contributed by atoms with Crippen LogP contribution >= 0.6 is 15.9 Å². The van der Waals surface area contributed by atoms with Crippen molar-refractivity contribution in [1.82, 2.24) is 0 Å². The topological polar surface area (TPSA) is 66.9 Å². The molecule has 0 atom stereocenters. The summed E-state index contributed by atoms with van der Waals surface area (Å²) in [7, 11) is 0. The SMILES string of the molecule is CC(C)c1cc(Br)c([N+](=O)[O-])c(C(C)C)c1C#N. The Morgan fingerprint density at radius 1 is 1.33 bits per heavy atom. The lowest BCUT2D eigenvalue weighted by molar-refractivity contribution is -0.386. The first-order valence-electron chi connectivity index (χ1n) is 5.72. The summed E-state index contributed by atoms with van der Waals surface area (Å²) in [5.41, 5.74) is 1.81. The van der Waals surface area contributed by atoms with Crippen LogP contribution in [0.5, 0.6) is 0 Å². The summed E-state index contributed by atoms with van der Waals surface area (Å²) in [6.07, 6.45) is 0. The fraction of sp³-hybridized carbons (Fsp3) is 0.462. The summed E-state index contributed by atoms with van der Waals surface area (Å²) in [6, 6.07) is 3.81. The molecule has 0 aliphatic carbocycles. The fourth-order valence-electron chi connectivity index (χ4n) is 2.01. The Balaban J connectivity index is 3.80. The Labute approximate surface area is 115 Å². The zero-order valence-electron chi connectivity index (χ0n) is 10.8. The second-order valence-corrected chi connectivity index (χ2v) is 5.62. The second-order valence-electron chi connectivity index (χ2n) is 4.76. The van der Waals surface area contributed by atoms with Crippen LogP contribution in [-0.2, 0) is 0 Å². The molecular formula is C13H15BrN2O2. The van der Waals surface area contributed by atoms with Gasteiger partial charge >= 0.3 is 0 Å². The van der Waals surface area contributed by atoms with E-state index in [9.17, 15) is 15.4 Å². The molecule has 0 aliphatic rings. The summed E-state index contributed by atoms with van der Waals surface area (Å²) >= 11 is 3.25. The van der Waals surface area contributed by atoms with Crippen LogP contribution in [0.15, 0.2) is 10.5 Å². The molecule has 0 aromatic heterocycles. The number of halogens is 1. The molecule has 0 unspecified atom stereocenters. The quantitative estimate of drug-likeness (QED) is 0.610. The van der Waals surface area contributed by atoms with Gasteiger partial charge in [0.1, 0.15) is 0 Å². The van der Waals surface area contributed by atoms with E-state index in [0.717, 1.165) is 5.56 Å². The molecule has 18 heavy (non-hydrogen) atoms. The Bertz CT molecular complexity index is 531. The lowest BCUT2D eigenvalue weighted by Gasteiger charge is -2.16. The third-order valence-electron chi connectivity index (χ3n) is 2.82. The number of hydrogen-bond acceptors (Lipinski definition) is 3. The van der Waals surface area contributed by atoms with Crippen LogP contribution < -0.4 is 0 Å². The zero-order valence-corrected chi connectivity index (χ0v) is 12.4. The summed E-state index contributed by atoms with van der Waals surface area (Å²) in [5.74, 6) is 0.0734. The lowest BCUT2D eigenvalue weighted by atomic mass is 9.88. The van der Waals surface area contributed by atoms with Crippen molar-refractivity contribution in [3.05, 3.63) is 37.3 Å². The minimum Gasteiger partial charge on any atom is -0.258 e. The van der Waals surface area contributed by atoms with E-state index in [4.69, 9.17) is 0 Å². The summed E-state index contributed by atoms with van der Waals surface area (Å²) in [4.78, 5) is 10.7. The number of nitro benzene ring substituents is 1. The summed E-state index contributed by atoms with van der Waals surface area (Å²) in [6.45, 7) is 7.66. The fourth-order valence-corrected chi connectivity index (χ4v) is 2.61. The van der Waals surface area contributed by atoms with Gasteiger partial charge in [0.05, 0.1) is 26.6 Å². The number of rotatable bonds is 3. The standard InChI is InChI=1S/C13H15BrN2O2/c1-7(2)9-5-11(14)13(16(17)18)12(8(3)4)10(9)6-15/h5,7-8H,1-4H3. The maximum Gasteiger partial charge on any atom is 0.288 e. The highest BCUT2D eigenvalue weighted by Gasteiger charge is 2.27. The Morgan fingerprint density at radius 2 is 1.89 bits per heavy atom. The molecular weight excluding hydrogens is 296 g/mol. The van der Waals surface area contributed by atoms with E-state index in [1.165, 1.54) is 0 Å². The molecule has 1 rings (SSSR count). The minimum absolute atomic E-state index is 0.00551. The van der Waals surface area contributed by atoms with E-state index >= 15 is 0 Å². The van der Waals surface area contributed by atoms with E-state index in [-0.39, 0.29) is 17.5 Å². The lowest BCUT2D eigenvalue weighted by Crippen LogP contribution is -2.06. The molecule has 0 saturated carbocycles.